The standard InChI is InChI=1S/C28H25IN2O3/c29-25-14-11-23(12-15-25)24(17-32)13-16-26-27(33-18-21-7-3-1-4-8-21)28(31-20-30-26)34-19-22-9-5-2-6-10-22/h1-12,14-15,17,20,24H,13,16,18-19H2/t24-/m1/s1. The third kappa shape index (κ3) is 6.63. The van der Waals surface area contributed by atoms with Crippen molar-refractivity contribution in [3.63, 3.8) is 0 Å². The van der Waals surface area contributed by atoms with Crippen LogP contribution in [0.5, 0.6) is 11.6 Å². The summed E-state index contributed by atoms with van der Waals surface area (Å²) in [6, 6.07) is 27.9. The van der Waals surface area contributed by atoms with Crippen LogP contribution >= 0.6 is 22.6 Å². The highest BCUT2D eigenvalue weighted by Gasteiger charge is 2.18. The molecule has 4 aromatic rings. The molecule has 6 heteroatoms. The molecule has 0 saturated carbocycles. The lowest BCUT2D eigenvalue weighted by molar-refractivity contribution is -0.109. The maximum Gasteiger partial charge on any atom is 0.260 e. The smallest absolute Gasteiger partial charge is 0.260 e. The first kappa shape index (κ1) is 23.9. The van der Waals surface area contributed by atoms with Crippen molar-refractivity contribution in [2.75, 3.05) is 0 Å². The minimum absolute atomic E-state index is 0.220. The summed E-state index contributed by atoms with van der Waals surface area (Å²) in [5, 5.41) is 0. The van der Waals surface area contributed by atoms with Crippen molar-refractivity contribution in [1.82, 2.24) is 9.97 Å². The SMILES string of the molecule is O=C[C@@H](CCc1ncnc(OCc2ccccc2)c1OCc1ccccc1)c1ccc(I)cc1. The zero-order chi connectivity index (χ0) is 23.6. The lowest BCUT2D eigenvalue weighted by Crippen LogP contribution is -2.08. The summed E-state index contributed by atoms with van der Waals surface area (Å²) < 4.78 is 13.4. The number of aldehydes is 1. The fraction of sp³-hybridized carbons (Fsp3) is 0.179. The van der Waals surface area contributed by atoms with Crippen molar-refractivity contribution < 1.29 is 14.3 Å². The molecule has 3 aromatic carbocycles. The number of carbonyl (C=O) groups excluding carboxylic acids is 1. The highest BCUT2D eigenvalue weighted by molar-refractivity contribution is 14.1. The lowest BCUT2D eigenvalue weighted by atomic mass is 9.95. The number of halogens is 1. The van der Waals surface area contributed by atoms with Crippen LogP contribution in [0.4, 0.5) is 0 Å². The van der Waals surface area contributed by atoms with Crippen molar-refractivity contribution >= 4 is 28.9 Å². The molecule has 1 aromatic heterocycles. The van der Waals surface area contributed by atoms with Gasteiger partial charge >= 0.3 is 0 Å². The highest BCUT2D eigenvalue weighted by Crippen LogP contribution is 2.31. The molecule has 0 aliphatic rings. The Morgan fingerprint density at radius 2 is 1.41 bits per heavy atom. The fourth-order valence-electron chi connectivity index (χ4n) is 3.59. The van der Waals surface area contributed by atoms with Crippen LogP contribution in [-0.2, 0) is 24.4 Å². The van der Waals surface area contributed by atoms with Gasteiger partial charge in [0.05, 0.1) is 5.69 Å². The second-order valence-electron chi connectivity index (χ2n) is 7.84. The number of aromatic nitrogens is 2. The van der Waals surface area contributed by atoms with Gasteiger partial charge in [0.25, 0.3) is 5.88 Å². The van der Waals surface area contributed by atoms with E-state index in [0.29, 0.717) is 37.7 Å². The predicted molar refractivity (Wildman–Crippen MR) is 140 cm³/mol. The lowest BCUT2D eigenvalue weighted by Gasteiger charge is -2.16. The molecule has 0 aliphatic carbocycles. The van der Waals surface area contributed by atoms with Crippen LogP contribution in [0.3, 0.4) is 0 Å². The quantitative estimate of drug-likeness (QED) is 0.162. The maximum atomic E-state index is 11.8. The topological polar surface area (TPSA) is 61.3 Å². The van der Waals surface area contributed by atoms with E-state index < -0.39 is 0 Å². The van der Waals surface area contributed by atoms with E-state index in [4.69, 9.17) is 9.47 Å². The van der Waals surface area contributed by atoms with Gasteiger partial charge in [-0.25, -0.2) is 4.98 Å². The van der Waals surface area contributed by atoms with Crippen molar-refractivity contribution in [3.8, 4) is 11.6 Å². The summed E-state index contributed by atoms with van der Waals surface area (Å²) in [4.78, 5) is 20.7. The number of rotatable bonds is 11. The van der Waals surface area contributed by atoms with E-state index in [2.05, 4.69) is 32.6 Å². The summed E-state index contributed by atoms with van der Waals surface area (Å²) in [7, 11) is 0. The zero-order valence-electron chi connectivity index (χ0n) is 18.6. The number of hydrogen-bond donors (Lipinski definition) is 0. The number of aryl methyl sites for hydroxylation is 1. The van der Waals surface area contributed by atoms with Crippen molar-refractivity contribution in [2.24, 2.45) is 0 Å². The molecule has 0 bridgehead atoms. The summed E-state index contributed by atoms with van der Waals surface area (Å²) in [5.74, 6) is 0.707. The third-order valence-electron chi connectivity index (χ3n) is 5.44. The molecule has 0 fully saturated rings. The van der Waals surface area contributed by atoms with Crippen LogP contribution in [-0.4, -0.2) is 16.3 Å². The molecular weight excluding hydrogens is 539 g/mol. The molecule has 0 saturated heterocycles. The summed E-state index contributed by atoms with van der Waals surface area (Å²) in [5.41, 5.74) is 3.80. The van der Waals surface area contributed by atoms with Crippen molar-refractivity contribution in [1.29, 1.82) is 0 Å². The van der Waals surface area contributed by atoms with Gasteiger partial charge in [0.1, 0.15) is 25.8 Å². The van der Waals surface area contributed by atoms with Crippen LogP contribution in [0.25, 0.3) is 0 Å². The van der Waals surface area contributed by atoms with Crippen LogP contribution in [0, 0.1) is 3.57 Å². The van der Waals surface area contributed by atoms with Crippen molar-refractivity contribution in [3.05, 3.63) is 117 Å². The zero-order valence-corrected chi connectivity index (χ0v) is 20.8. The minimum atomic E-state index is -0.220. The van der Waals surface area contributed by atoms with Gasteiger partial charge in [-0.2, -0.15) is 4.98 Å². The van der Waals surface area contributed by atoms with Gasteiger partial charge in [0.15, 0.2) is 0 Å². The van der Waals surface area contributed by atoms with E-state index in [-0.39, 0.29) is 5.92 Å². The normalized spacial score (nSPS) is 11.6. The molecule has 4 rings (SSSR count). The minimum Gasteiger partial charge on any atom is -0.482 e. The average Bonchev–Trinajstić information content (AvgIpc) is 2.89. The molecule has 0 radical (unpaired) electrons. The van der Waals surface area contributed by atoms with Crippen LogP contribution < -0.4 is 9.47 Å². The largest absolute Gasteiger partial charge is 0.482 e. The Balaban J connectivity index is 1.54. The predicted octanol–water partition coefficient (Wildman–Crippen LogP) is 6.15. The monoisotopic (exact) mass is 564 g/mol. The molecule has 0 unspecified atom stereocenters. The Labute approximate surface area is 213 Å². The Morgan fingerprint density at radius 3 is 2.03 bits per heavy atom. The van der Waals surface area contributed by atoms with Gasteiger partial charge in [-0.1, -0.05) is 72.8 Å². The second kappa shape index (κ2) is 12.3. The second-order valence-corrected chi connectivity index (χ2v) is 9.08. The highest BCUT2D eigenvalue weighted by atomic mass is 127. The third-order valence-corrected chi connectivity index (χ3v) is 6.16. The molecule has 0 amide bonds. The summed E-state index contributed by atoms with van der Waals surface area (Å²) >= 11 is 2.26. The molecule has 1 atom stereocenters. The Kier molecular flexibility index (Phi) is 8.62. The number of carbonyl (C=O) groups is 1. The molecule has 0 N–H and O–H groups in total. The van der Waals surface area contributed by atoms with Gasteiger partial charge in [-0.15, -0.1) is 0 Å². The number of benzene rings is 3. The van der Waals surface area contributed by atoms with Gasteiger partial charge in [0, 0.05) is 9.49 Å². The summed E-state index contributed by atoms with van der Waals surface area (Å²) in [6.07, 6.45) is 3.66. The van der Waals surface area contributed by atoms with Crippen LogP contribution in [0.15, 0.2) is 91.3 Å². The Morgan fingerprint density at radius 1 is 0.794 bits per heavy atom. The van der Waals surface area contributed by atoms with Gasteiger partial charge in [-0.05, 0) is 64.3 Å². The first-order valence-corrected chi connectivity index (χ1v) is 12.2. The van der Waals surface area contributed by atoms with E-state index in [1.807, 2.05) is 84.9 Å². The Bertz CT molecular complexity index is 1190. The molecular formula is C28H25IN2O3. The number of ether oxygens (including phenoxy) is 2. The van der Waals surface area contributed by atoms with Crippen LogP contribution in [0.1, 0.15) is 34.7 Å². The van der Waals surface area contributed by atoms with Gasteiger partial charge < -0.3 is 14.3 Å². The van der Waals surface area contributed by atoms with E-state index in [1.165, 1.54) is 6.33 Å². The first-order valence-electron chi connectivity index (χ1n) is 11.1. The Hall–Kier alpha value is -3.26. The average molecular weight is 564 g/mol. The first-order chi connectivity index (χ1) is 16.7. The van der Waals surface area contributed by atoms with E-state index in [9.17, 15) is 4.79 Å². The molecule has 172 valence electrons. The molecule has 5 nitrogen and oxygen atoms in total. The molecule has 34 heavy (non-hydrogen) atoms. The van der Waals surface area contributed by atoms with Gasteiger partial charge in [0.2, 0.25) is 5.75 Å². The summed E-state index contributed by atoms with van der Waals surface area (Å²) in [6.45, 7) is 0.746. The van der Waals surface area contributed by atoms with E-state index in [1.54, 1.807) is 0 Å². The van der Waals surface area contributed by atoms with E-state index >= 15 is 0 Å². The molecule has 1 heterocycles. The van der Waals surface area contributed by atoms with Gasteiger partial charge in [-0.3, -0.25) is 0 Å². The number of nitrogens with zero attached hydrogens (tertiary/aromatic N) is 2. The van der Waals surface area contributed by atoms with Crippen molar-refractivity contribution in [2.45, 2.75) is 32.0 Å². The molecule has 0 aliphatic heterocycles. The maximum absolute atomic E-state index is 11.8. The molecule has 0 spiro atoms. The number of hydrogen-bond acceptors (Lipinski definition) is 5. The van der Waals surface area contributed by atoms with E-state index in [0.717, 1.165) is 32.2 Å². The fourth-order valence-corrected chi connectivity index (χ4v) is 3.95. The van der Waals surface area contributed by atoms with Crippen LogP contribution in [0.2, 0.25) is 0 Å².